The first-order valence-electron chi connectivity index (χ1n) is 10.2. The molecular formula is C24H24N2O3S3. The smallest absolute Gasteiger partial charge is 0.262 e. The zero-order chi connectivity index (χ0) is 22.7. The first-order chi connectivity index (χ1) is 15.3. The third kappa shape index (κ3) is 5.31. The summed E-state index contributed by atoms with van der Waals surface area (Å²) in [5.74, 6) is 2.02. The topological polar surface area (TPSA) is 75.3 Å². The predicted molar refractivity (Wildman–Crippen MR) is 135 cm³/mol. The summed E-state index contributed by atoms with van der Waals surface area (Å²) in [5, 5.41) is 2.82. The molecule has 166 valence electrons. The number of hydrogen-bond acceptors (Lipinski definition) is 5. The van der Waals surface area contributed by atoms with Gasteiger partial charge in [0.25, 0.3) is 15.9 Å². The van der Waals surface area contributed by atoms with Crippen LogP contribution in [0, 0.1) is 13.8 Å². The molecule has 0 aliphatic carbocycles. The minimum Gasteiger partial charge on any atom is -0.322 e. The van der Waals surface area contributed by atoms with Gasteiger partial charge in [-0.25, -0.2) is 8.42 Å². The van der Waals surface area contributed by atoms with Crippen molar-refractivity contribution in [2.24, 2.45) is 0 Å². The maximum Gasteiger partial charge on any atom is 0.262 e. The number of sulfonamides is 1. The molecule has 0 saturated carbocycles. The molecule has 1 amide bonds. The van der Waals surface area contributed by atoms with Gasteiger partial charge in [0.1, 0.15) is 0 Å². The molecule has 1 saturated heterocycles. The highest BCUT2D eigenvalue weighted by Gasteiger charge is 2.20. The molecule has 0 atom stereocenters. The van der Waals surface area contributed by atoms with Gasteiger partial charge in [0.15, 0.2) is 0 Å². The van der Waals surface area contributed by atoms with E-state index in [-0.39, 0.29) is 10.8 Å². The van der Waals surface area contributed by atoms with Gasteiger partial charge in [0.05, 0.1) is 9.48 Å². The molecule has 0 radical (unpaired) electrons. The summed E-state index contributed by atoms with van der Waals surface area (Å²) in [6.45, 7) is 3.63. The first-order valence-corrected chi connectivity index (χ1v) is 13.7. The van der Waals surface area contributed by atoms with Gasteiger partial charge in [-0.15, -0.1) is 23.5 Å². The fourth-order valence-corrected chi connectivity index (χ4v) is 7.61. The van der Waals surface area contributed by atoms with Crippen LogP contribution in [0.3, 0.4) is 0 Å². The SMILES string of the molecule is Cc1cccc(NS(=O)(=O)c2cc(NC(=O)c3ccc(C4SCCS4)cc3)ccc2C)c1. The fourth-order valence-electron chi connectivity index (χ4n) is 3.43. The van der Waals surface area contributed by atoms with Gasteiger partial charge in [0.2, 0.25) is 0 Å². The van der Waals surface area contributed by atoms with E-state index in [0.29, 0.717) is 27.1 Å². The van der Waals surface area contributed by atoms with Gasteiger partial charge >= 0.3 is 0 Å². The number of amides is 1. The average Bonchev–Trinajstić information content (AvgIpc) is 3.30. The van der Waals surface area contributed by atoms with E-state index in [1.54, 1.807) is 37.3 Å². The first kappa shape index (κ1) is 22.8. The Morgan fingerprint density at radius 3 is 2.31 bits per heavy atom. The summed E-state index contributed by atoms with van der Waals surface area (Å²) in [7, 11) is -3.80. The number of hydrogen-bond donors (Lipinski definition) is 2. The highest BCUT2D eigenvalue weighted by Crippen LogP contribution is 2.45. The number of thioether (sulfide) groups is 2. The lowest BCUT2D eigenvalue weighted by molar-refractivity contribution is 0.102. The van der Waals surface area contributed by atoms with Crippen LogP contribution in [-0.2, 0) is 10.0 Å². The lowest BCUT2D eigenvalue weighted by Crippen LogP contribution is -2.16. The number of rotatable bonds is 6. The van der Waals surface area contributed by atoms with Crippen LogP contribution in [0.4, 0.5) is 11.4 Å². The van der Waals surface area contributed by atoms with Crippen molar-refractivity contribution in [1.29, 1.82) is 0 Å². The normalized spacial score (nSPS) is 14.3. The monoisotopic (exact) mass is 484 g/mol. The van der Waals surface area contributed by atoms with Crippen LogP contribution in [0.1, 0.15) is 31.6 Å². The van der Waals surface area contributed by atoms with Crippen molar-refractivity contribution in [3.8, 4) is 0 Å². The van der Waals surface area contributed by atoms with E-state index < -0.39 is 10.0 Å². The summed E-state index contributed by atoms with van der Waals surface area (Å²) in [6.07, 6.45) is 0. The Morgan fingerprint density at radius 2 is 1.62 bits per heavy atom. The minimum absolute atomic E-state index is 0.127. The van der Waals surface area contributed by atoms with Gasteiger partial charge in [-0.1, -0.05) is 30.3 Å². The molecule has 3 aromatic rings. The Labute approximate surface area is 197 Å². The summed E-state index contributed by atoms with van der Waals surface area (Å²) in [4.78, 5) is 12.9. The average molecular weight is 485 g/mol. The van der Waals surface area contributed by atoms with Gasteiger partial charge in [0, 0.05) is 28.4 Å². The minimum atomic E-state index is -3.80. The van der Waals surface area contributed by atoms with E-state index >= 15 is 0 Å². The van der Waals surface area contributed by atoms with Crippen LogP contribution >= 0.6 is 23.5 Å². The number of nitrogens with one attached hydrogen (secondary N) is 2. The van der Waals surface area contributed by atoms with Crippen molar-refractivity contribution >= 4 is 50.8 Å². The summed E-state index contributed by atoms with van der Waals surface area (Å²) in [6, 6.07) is 19.7. The van der Waals surface area contributed by atoms with E-state index in [0.717, 1.165) is 17.1 Å². The van der Waals surface area contributed by atoms with E-state index in [2.05, 4.69) is 10.0 Å². The van der Waals surface area contributed by atoms with Crippen molar-refractivity contribution < 1.29 is 13.2 Å². The molecule has 1 aliphatic heterocycles. The number of benzene rings is 3. The van der Waals surface area contributed by atoms with Crippen molar-refractivity contribution in [3.63, 3.8) is 0 Å². The van der Waals surface area contributed by atoms with Gasteiger partial charge in [-0.3, -0.25) is 9.52 Å². The third-order valence-electron chi connectivity index (χ3n) is 5.07. The summed E-state index contributed by atoms with van der Waals surface area (Å²) >= 11 is 3.84. The highest BCUT2D eigenvalue weighted by atomic mass is 32.2. The van der Waals surface area contributed by atoms with E-state index in [4.69, 9.17) is 0 Å². The Bertz CT molecular complexity index is 1240. The molecule has 2 N–H and O–H groups in total. The fraction of sp³-hybridized carbons (Fsp3) is 0.208. The molecule has 1 heterocycles. The van der Waals surface area contributed by atoms with E-state index in [9.17, 15) is 13.2 Å². The largest absolute Gasteiger partial charge is 0.322 e. The highest BCUT2D eigenvalue weighted by molar-refractivity contribution is 8.19. The molecular weight excluding hydrogens is 460 g/mol. The molecule has 0 unspecified atom stereocenters. The van der Waals surface area contributed by atoms with Gasteiger partial charge < -0.3 is 5.32 Å². The Kier molecular flexibility index (Phi) is 6.83. The van der Waals surface area contributed by atoms with Crippen molar-refractivity contribution in [2.45, 2.75) is 23.3 Å². The van der Waals surface area contributed by atoms with Gasteiger partial charge in [-0.05, 0) is 66.9 Å². The molecule has 32 heavy (non-hydrogen) atoms. The molecule has 0 spiro atoms. The molecule has 1 fully saturated rings. The lowest BCUT2D eigenvalue weighted by Gasteiger charge is -2.13. The van der Waals surface area contributed by atoms with Gasteiger partial charge in [-0.2, -0.15) is 0 Å². The van der Waals surface area contributed by atoms with Crippen LogP contribution in [0.2, 0.25) is 0 Å². The maximum atomic E-state index is 13.0. The van der Waals surface area contributed by atoms with Crippen molar-refractivity contribution in [2.75, 3.05) is 21.5 Å². The summed E-state index contributed by atoms with van der Waals surface area (Å²) in [5.41, 5.74) is 4.22. The number of aryl methyl sites for hydroxylation is 2. The van der Waals surface area contributed by atoms with Crippen LogP contribution in [-0.4, -0.2) is 25.8 Å². The second-order valence-corrected chi connectivity index (χ2v) is 12.0. The van der Waals surface area contributed by atoms with Crippen molar-refractivity contribution in [3.05, 3.63) is 89.0 Å². The second-order valence-electron chi connectivity index (χ2n) is 7.60. The molecule has 4 rings (SSSR count). The lowest BCUT2D eigenvalue weighted by atomic mass is 10.1. The van der Waals surface area contributed by atoms with Crippen LogP contribution < -0.4 is 10.0 Å². The molecule has 5 nitrogen and oxygen atoms in total. The summed E-state index contributed by atoms with van der Waals surface area (Å²) < 4.78 is 29.0. The number of anilines is 2. The Balaban J connectivity index is 1.51. The molecule has 3 aromatic carbocycles. The quantitative estimate of drug-likeness (QED) is 0.460. The zero-order valence-corrected chi connectivity index (χ0v) is 20.2. The zero-order valence-electron chi connectivity index (χ0n) is 17.8. The van der Waals surface area contributed by atoms with Crippen LogP contribution in [0.15, 0.2) is 71.6 Å². The Morgan fingerprint density at radius 1 is 0.906 bits per heavy atom. The molecule has 0 aromatic heterocycles. The predicted octanol–water partition coefficient (Wildman–Crippen LogP) is 5.84. The number of carbonyl (C=O) groups excluding carboxylic acids is 1. The third-order valence-corrected chi connectivity index (χ3v) is 9.70. The van der Waals surface area contributed by atoms with Crippen LogP contribution in [0.25, 0.3) is 0 Å². The standard InChI is InChI=1S/C24H24N2O3S3/c1-16-4-3-5-21(14-16)26-32(28,29)22-15-20(11-6-17(22)2)25-23(27)18-7-9-19(10-8-18)24-30-12-13-31-24/h3-11,14-15,24,26H,12-13H2,1-2H3,(H,25,27). The van der Waals surface area contributed by atoms with Crippen LogP contribution in [0.5, 0.6) is 0 Å². The maximum absolute atomic E-state index is 13.0. The molecule has 1 aliphatic rings. The molecule has 0 bridgehead atoms. The number of carbonyl (C=O) groups is 1. The van der Waals surface area contributed by atoms with E-state index in [1.165, 1.54) is 11.6 Å². The van der Waals surface area contributed by atoms with Crippen molar-refractivity contribution in [1.82, 2.24) is 0 Å². The Hall–Kier alpha value is -2.42. The second kappa shape index (κ2) is 9.60. The van der Waals surface area contributed by atoms with E-state index in [1.807, 2.05) is 60.8 Å². The molecule has 8 heteroatoms.